The molecule has 7 rings (SSSR count). The van der Waals surface area contributed by atoms with Gasteiger partial charge in [0.25, 0.3) is 5.91 Å². The van der Waals surface area contributed by atoms with Crippen LogP contribution in [0.5, 0.6) is 0 Å². The van der Waals surface area contributed by atoms with E-state index in [0.717, 1.165) is 12.0 Å². The molecular formula is C30H26N4O5. The van der Waals surface area contributed by atoms with E-state index in [4.69, 9.17) is 0 Å². The number of nitrogens with zero attached hydrogens (tertiary/aromatic N) is 1. The number of ketones is 1. The number of nitrogens with one attached hydrogen (secondary N) is 3. The highest BCUT2D eigenvalue weighted by atomic mass is 16.5. The van der Waals surface area contributed by atoms with Crippen molar-refractivity contribution in [3.05, 3.63) is 89.5 Å². The predicted molar refractivity (Wildman–Crippen MR) is 144 cm³/mol. The second-order valence-corrected chi connectivity index (χ2v) is 10.5. The molecule has 3 aromatic carbocycles. The Balaban J connectivity index is 1.46. The first-order valence-corrected chi connectivity index (χ1v) is 13.0. The first-order valence-electron chi connectivity index (χ1n) is 13.0. The summed E-state index contributed by atoms with van der Waals surface area (Å²) >= 11 is 0. The van der Waals surface area contributed by atoms with Crippen LogP contribution in [-0.2, 0) is 25.3 Å². The van der Waals surface area contributed by atoms with Crippen LogP contribution in [0.25, 0.3) is 0 Å². The summed E-state index contributed by atoms with van der Waals surface area (Å²) in [6, 6.07) is 21.1. The molecule has 0 aromatic heterocycles. The highest BCUT2D eigenvalue weighted by Crippen LogP contribution is 2.67. The van der Waals surface area contributed by atoms with Gasteiger partial charge in [0.2, 0.25) is 5.91 Å². The molecule has 2 fully saturated rings. The second kappa shape index (κ2) is 8.25. The molecule has 0 aliphatic carbocycles. The van der Waals surface area contributed by atoms with Crippen LogP contribution < -0.4 is 16.0 Å². The lowest BCUT2D eigenvalue weighted by molar-refractivity contribution is -0.137. The Morgan fingerprint density at radius 3 is 2.26 bits per heavy atom. The number of hydrogen-bond acceptors (Lipinski definition) is 6. The van der Waals surface area contributed by atoms with E-state index in [1.54, 1.807) is 24.3 Å². The van der Waals surface area contributed by atoms with Gasteiger partial charge in [-0.05, 0) is 61.3 Å². The lowest BCUT2D eigenvalue weighted by Gasteiger charge is -2.43. The van der Waals surface area contributed by atoms with Gasteiger partial charge in [0.15, 0.2) is 5.78 Å². The maximum atomic E-state index is 14.6. The quantitative estimate of drug-likeness (QED) is 0.450. The van der Waals surface area contributed by atoms with E-state index < -0.39 is 23.0 Å². The van der Waals surface area contributed by atoms with Gasteiger partial charge in [-0.25, -0.2) is 4.79 Å². The summed E-state index contributed by atoms with van der Waals surface area (Å²) in [6.07, 6.45) is 0.886. The maximum Gasteiger partial charge on any atom is 0.411 e. The van der Waals surface area contributed by atoms with Crippen LogP contribution in [0.3, 0.4) is 0 Å². The zero-order valence-electron chi connectivity index (χ0n) is 21.2. The summed E-state index contributed by atoms with van der Waals surface area (Å²) < 4.78 is 4.66. The molecule has 4 unspecified atom stereocenters. The molecule has 4 aliphatic heterocycles. The maximum absolute atomic E-state index is 14.6. The Morgan fingerprint density at radius 2 is 1.54 bits per heavy atom. The van der Waals surface area contributed by atoms with Crippen molar-refractivity contribution in [2.24, 2.45) is 5.92 Å². The molecule has 4 heterocycles. The van der Waals surface area contributed by atoms with Crippen LogP contribution in [0, 0.1) is 5.92 Å². The Morgan fingerprint density at radius 1 is 0.897 bits per heavy atom. The summed E-state index contributed by atoms with van der Waals surface area (Å²) in [5.41, 5.74) is 0.695. The molecule has 9 heteroatoms. The first-order chi connectivity index (χ1) is 18.9. The third-order valence-corrected chi connectivity index (χ3v) is 8.89. The molecule has 0 bridgehead atoms. The molecule has 0 saturated carbocycles. The number of fused-ring (bicyclic) bond motifs is 7. The number of carbonyl (C=O) groups is 4. The summed E-state index contributed by atoms with van der Waals surface area (Å²) in [5.74, 6) is -1.65. The molecule has 196 valence electrons. The molecule has 3 aromatic rings. The van der Waals surface area contributed by atoms with E-state index in [9.17, 15) is 19.2 Å². The van der Waals surface area contributed by atoms with Crippen molar-refractivity contribution in [3.8, 4) is 0 Å². The highest BCUT2D eigenvalue weighted by molar-refractivity contribution is 6.21. The van der Waals surface area contributed by atoms with Crippen LogP contribution in [-0.4, -0.2) is 48.3 Å². The lowest BCUT2D eigenvalue weighted by Crippen LogP contribution is -2.62. The average molecular weight is 523 g/mol. The topological polar surface area (TPSA) is 117 Å². The van der Waals surface area contributed by atoms with Crippen molar-refractivity contribution in [1.82, 2.24) is 4.90 Å². The van der Waals surface area contributed by atoms with Gasteiger partial charge in [0.1, 0.15) is 11.0 Å². The summed E-state index contributed by atoms with van der Waals surface area (Å²) in [7, 11) is 1.28. The van der Waals surface area contributed by atoms with Crippen molar-refractivity contribution in [3.63, 3.8) is 0 Å². The minimum absolute atomic E-state index is 0.211. The van der Waals surface area contributed by atoms with Crippen LogP contribution >= 0.6 is 0 Å². The lowest BCUT2D eigenvalue weighted by atomic mass is 9.57. The van der Waals surface area contributed by atoms with Crippen molar-refractivity contribution in [1.29, 1.82) is 0 Å². The summed E-state index contributed by atoms with van der Waals surface area (Å²) in [4.78, 5) is 57.1. The van der Waals surface area contributed by atoms with E-state index in [1.807, 2.05) is 48.5 Å². The van der Waals surface area contributed by atoms with Gasteiger partial charge >= 0.3 is 6.09 Å². The molecule has 3 amide bonds. The second-order valence-electron chi connectivity index (χ2n) is 10.5. The fraction of sp³-hybridized carbons (Fsp3) is 0.267. The standard InChI is InChI=1S/C30H26N4O5/c1-39-28(38)31-18-14-12-17(13-15-18)25(35)24-23-11-6-16-34(23)30(20-8-3-5-10-22(20)33-27(30)37)29(24)19-7-2-4-9-21(19)32-26(29)36/h2-5,7-10,12-15,23-24H,6,11,16H2,1H3,(H,31,38)(H,32,36)(H,33,37). The van der Waals surface area contributed by atoms with Gasteiger partial charge in [0.05, 0.1) is 13.0 Å². The van der Waals surface area contributed by atoms with Crippen molar-refractivity contribution in [2.45, 2.75) is 29.8 Å². The Bertz CT molecular complexity index is 1570. The minimum Gasteiger partial charge on any atom is -0.453 e. The van der Waals surface area contributed by atoms with Gasteiger partial charge in [-0.15, -0.1) is 0 Å². The SMILES string of the molecule is COC(=O)Nc1ccc(C(=O)C2C3CCCN3C3(C(=O)Nc4ccccc43)C23C(=O)Nc2ccccc23)cc1. The van der Waals surface area contributed by atoms with Crippen molar-refractivity contribution < 1.29 is 23.9 Å². The zero-order chi connectivity index (χ0) is 26.9. The van der Waals surface area contributed by atoms with Crippen LogP contribution in [0.4, 0.5) is 21.9 Å². The number of ether oxygens (including phenoxy) is 1. The minimum atomic E-state index is -1.48. The third-order valence-electron chi connectivity index (χ3n) is 8.89. The molecule has 2 spiro atoms. The van der Waals surface area contributed by atoms with Gasteiger partial charge in [0, 0.05) is 34.2 Å². The molecular weight excluding hydrogens is 496 g/mol. The smallest absolute Gasteiger partial charge is 0.411 e. The van der Waals surface area contributed by atoms with E-state index >= 15 is 0 Å². The number of benzene rings is 3. The van der Waals surface area contributed by atoms with Gasteiger partial charge < -0.3 is 15.4 Å². The fourth-order valence-electron chi connectivity index (χ4n) is 7.60. The number of Topliss-reactive ketones (excluding diaryl/α,β-unsaturated/α-hetero) is 1. The summed E-state index contributed by atoms with van der Waals surface area (Å²) in [6.45, 7) is 0.593. The number of anilines is 3. The number of methoxy groups -OCH3 is 1. The van der Waals surface area contributed by atoms with Gasteiger partial charge in [-0.2, -0.15) is 0 Å². The first kappa shape index (κ1) is 23.6. The zero-order valence-corrected chi connectivity index (χ0v) is 21.2. The molecule has 0 radical (unpaired) electrons. The van der Waals surface area contributed by atoms with Gasteiger partial charge in [-0.1, -0.05) is 36.4 Å². The summed E-state index contributed by atoms with van der Waals surface area (Å²) in [5, 5.41) is 8.68. The Kier molecular flexibility index (Phi) is 4.99. The van der Waals surface area contributed by atoms with Crippen molar-refractivity contribution in [2.75, 3.05) is 29.6 Å². The number of carbonyl (C=O) groups excluding carboxylic acids is 4. The van der Waals surface area contributed by atoms with E-state index in [2.05, 4.69) is 25.6 Å². The molecule has 2 saturated heterocycles. The molecule has 9 nitrogen and oxygen atoms in total. The van der Waals surface area contributed by atoms with Crippen LogP contribution in [0.2, 0.25) is 0 Å². The highest BCUT2D eigenvalue weighted by Gasteiger charge is 2.81. The fourth-order valence-corrected chi connectivity index (χ4v) is 7.60. The largest absolute Gasteiger partial charge is 0.453 e. The Labute approximate surface area is 224 Å². The molecule has 4 atom stereocenters. The normalized spacial score (nSPS) is 28.1. The van der Waals surface area contributed by atoms with Crippen LogP contribution in [0.15, 0.2) is 72.8 Å². The van der Waals surface area contributed by atoms with E-state index in [0.29, 0.717) is 41.2 Å². The number of amides is 3. The predicted octanol–water partition coefficient (Wildman–Crippen LogP) is 3.88. The average Bonchev–Trinajstić information content (AvgIpc) is 3.67. The van der Waals surface area contributed by atoms with E-state index in [1.165, 1.54) is 7.11 Å². The van der Waals surface area contributed by atoms with E-state index in [-0.39, 0.29) is 23.6 Å². The molecule has 3 N–H and O–H groups in total. The van der Waals surface area contributed by atoms with Crippen molar-refractivity contribution >= 4 is 40.8 Å². The van der Waals surface area contributed by atoms with Crippen LogP contribution in [0.1, 0.15) is 34.3 Å². The number of hydrogen-bond donors (Lipinski definition) is 3. The monoisotopic (exact) mass is 522 g/mol. The molecule has 4 aliphatic rings. The third kappa shape index (κ3) is 2.82. The number of rotatable bonds is 3. The Hall–Kier alpha value is -4.50. The number of para-hydroxylation sites is 2. The van der Waals surface area contributed by atoms with Gasteiger partial charge in [-0.3, -0.25) is 24.6 Å². The molecule has 39 heavy (non-hydrogen) atoms.